The zero-order chi connectivity index (χ0) is 23.9. The fourth-order valence-corrected chi connectivity index (χ4v) is 4.40. The summed E-state index contributed by atoms with van der Waals surface area (Å²) in [4.78, 5) is 37.5. The molecule has 2 amide bonds. The Balaban J connectivity index is 1.52. The summed E-state index contributed by atoms with van der Waals surface area (Å²) in [7, 11) is 0. The molecule has 1 aliphatic heterocycles. The smallest absolute Gasteiger partial charge is 0.335 e. The van der Waals surface area contributed by atoms with Crippen molar-refractivity contribution in [2.24, 2.45) is 0 Å². The van der Waals surface area contributed by atoms with Gasteiger partial charge in [0, 0.05) is 19.5 Å². The molecule has 6 nitrogen and oxygen atoms in total. The molecular weight excluding hydrogens is 416 g/mol. The van der Waals surface area contributed by atoms with E-state index in [0.29, 0.717) is 25.9 Å². The van der Waals surface area contributed by atoms with Crippen LogP contribution < -0.4 is 5.32 Å². The molecule has 0 saturated carbocycles. The number of unbranched alkanes of at least 4 members (excludes halogenated alkanes) is 11. The van der Waals surface area contributed by atoms with Crippen LogP contribution in [0.2, 0.25) is 0 Å². The fraction of sp³-hybridized carbons (Fsp3) is 0.667. The highest BCUT2D eigenvalue weighted by atomic mass is 16.4. The van der Waals surface area contributed by atoms with Crippen molar-refractivity contribution >= 4 is 17.8 Å². The van der Waals surface area contributed by atoms with Gasteiger partial charge in [-0.05, 0) is 30.5 Å². The van der Waals surface area contributed by atoms with E-state index in [1.165, 1.54) is 64.2 Å². The first-order valence-electron chi connectivity index (χ1n) is 12.9. The van der Waals surface area contributed by atoms with Crippen molar-refractivity contribution in [1.82, 2.24) is 10.2 Å². The van der Waals surface area contributed by atoms with Gasteiger partial charge in [-0.25, -0.2) is 4.79 Å². The number of carboxylic acids is 1. The number of carboxylic acid groups (broad SMARTS) is 1. The summed E-state index contributed by atoms with van der Waals surface area (Å²) in [6.45, 7) is 3.28. The summed E-state index contributed by atoms with van der Waals surface area (Å²) in [6.07, 6.45) is 16.3. The minimum absolute atomic E-state index is 0.0342. The third-order valence-corrected chi connectivity index (χ3v) is 6.46. The second-order valence-electron chi connectivity index (χ2n) is 9.31. The van der Waals surface area contributed by atoms with E-state index >= 15 is 0 Å². The average Bonchev–Trinajstić information content (AvgIpc) is 3.13. The van der Waals surface area contributed by atoms with Crippen LogP contribution in [0.25, 0.3) is 0 Å². The Labute approximate surface area is 199 Å². The number of rotatable bonds is 17. The van der Waals surface area contributed by atoms with Crippen LogP contribution in [0, 0.1) is 0 Å². The molecule has 0 bridgehead atoms. The highest BCUT2D eigenvalue weighted by Crippen LogP contribution is 2.17. The van der Waals surface area contributed by atoms with Gasteiger partial charge in [0.2, 0.25) is 11.8 Å². The van der Waals surface area contributed by atoms with Crippen LogP contribution in [0.15, 0.2) is 24.3 Å². The van der Waals surface area contributed by atoms with E-state index in [0.717, 1.165) is 18.4 Å². The zero-order valence-electron chi connectivity index (χ0n) is 20.3. The molecule has 1 fully saturated rings. The van der Waals surface area contributed by atoms with Gasteiger partial charge >= 0.3 is 5.97 Å². The summed E-state index contributed by atoms with van der Waals surface area (Å²) in [5, 5.41) is 11.9. The van der Waals surface area contributed by atoms with E-state index in [1.54, 1.807) is 29.2 Å². The molecule has 1 aliphatic rings. The molecule has 0 aromatic heterocycles. The lowest BCUT2D eigenvalue weighted by molar-refractivity contribution is -0.133. The average molecular weight is 459 g/mol. The Bertz CT molecular complexity index is 732. The molecule has 6 heteroatoms. The van der Waals surface area contributed by atoms with E-state index < -0.39 is 12.0 Å². The Hall–Kier alpha value is -2.37. The molecule has 1 saturated heterocycles. The number of nitrogens with zero attached hydrogens (tertiary/aromatic N) is 1. The second kappa shape index (κ2) is 15.5. The van der Waals surface area contributed by atoms with Crippen LogP contribution in [-0.4, -0.2) is 40.4 Å². The Kier molecular flexibility index (Phi) is 12.6. The summed E-state index contributed by atoms with van der Waals surface area (Å²) in [5.41, 5.74) is 1.12. The van der Waals surface area contributed by atoms with Crippen molar-refractivity contribution in [3.05, 3.63) is 35.4 Å². The van der Waals surface area contributed by atoms with Crippen LogP contribution in [0.5, 0.6) is 0 Å². The van der Waals surface area contributed by atoms with Crippen LogP contribution in [0.4, 0.5) is 0 Å². The molecule has 0 radical (unpaired) electrons. The van der Waals surface area contributed by atoms with Crippen LogP contribution in [0.3, 0.4) is 0 Å². The lowest BCUT2D eigenvalue weighted by Crippen LogP contribution is -2.41. The maximum atomic E-state index is 12.6. The van der Waals surface area contributed by atoms with Gasteiger partial charge in [0.15, 0.2) is 0 Å². The first kappa shape index (κ1) is 26.9. The summed E-state index contributed by atoms with van der Waals surface area (Å²) in [5.74, 6) is -1.05. The number of amides is 2. The van der Waals surface area contributed by atoms with Crippen molar-refractivity contribution in [3.63, 3.8) is 0 Å². The minimum atomic E-state index is -0.963. The van der Waals surface area contributed by atoms with Crippen molar-refractivity contribution < 1.29 is 19.5 Å². The minimum Gasteiger partial charge on any atom is -0.478 e. The van der Waals surface area contributed by atoms with Crippen molar-refractivity contribution in [2.45, 2.75) is 109 Å². The van der Waals surface area contributed by atoms with Crippen molar-refractivity contribution in [3.8, 4) is 0 Å². The molecule has 1 heterocycles. The van der Waals surface area contributed by atoms with Gasteiger partial charge in [0.25, 0.3) is 0 Å². The zero-order valence-corrected chi connectivity index (χ0v) is 20.3. The SMILES string of the molecule is CCCCCCCCCCCCCCC(=O)NC1CCN(Cc2ccc(C(=O)O)cc2)C1=O. The number of hydrogen-bond donors (Lipinski definition) is 2. The van der Waals surface area contributed by atoms with Gasteiger partial charge in [0.1, 0.15) is 6.04 Å². The largest absolute Gasteiger partial charge is 0.478 e. The number of carbonyl (C=O) groups excluding carboxylic acids is 2. The quantitative estimate of drug-likeness (QED) is 0.294. The van der Waals surface area contributed by atoms with Crippen LogP contribution in [-0.2, 0) is 16.1 Å². The van der Waals surface area contributed by atoms with Crippen LogP contribution in [0.1, 0.15) is 113 Å². The predicted octanol–water partition coefficient (Wildman–Crippen LogP) is 5.69. The third-order valence-electron chi connectivity index (χ3n) is 6.46. The van der Waals surface area contributed by atoms with Gasteiger partial charge in [-0.15, -0.1) is 0 Å². The van der Waals surface area contributed by atoms with E-state index in [4.69, 9.17) is 5.11 Å². The first-order valence-corrected chi connectivity index (χ1v) is 12.9. The topological polar surface area (TPSA) is 86.7 Å². The molecule has 0 aliphatic carbocycles. The van der Waals surface area contributed by atoms with E-state index in [-0.39, 0.29) is 17.4 Å². The molecule has 184 valence electrons. The normalized spacial score (nSPS) is 15.7. The number of carbonyl (C=O) groups is 3. The Morgan fingerprint density at radius 3 is 2.00 bits per heavy atom. The Morgan fingerprint density at radius 2 is 1.45 bits per heavy atom. The second-order valence-corrected chi connectivity index (χ2v) is 9.31. The summed E-state index contributed by atoms with van der Waals surface area (Å²) < 4.78 is 0. The lowest BCUT2D eigenvalue weighted by Gasteiger charge is -2.17. The highest BCUT2D eigenvalue weighted by molar-refractivity contribution is 5.89. The Morgan fingerprint density at radius 1 is 0.909 bits per heavy atom. The first-order chi connectivity index (χ1) is 16.0. The number of likely N-dealkylation sites (tertiary alicyclic amines) is 1. The lowest BCUT2D eigenvalue weighted by atomic mass is 10.0. The predicted molar refractivity (Wildman–Crippen MR) is 131 cm³/mol. The molecule has 1 atom stereocenters. The number of nitrogens with one attached hydrogen (secondary N) is 1. The summed E-state index contributed by atoms with van der Waals surface area (Å²) >= 11 is 0. The van der Waals surface area contributed by atoms with E-state index in [9.17, 15) is 14.4 Å². The molecule has 1 unspecified atom stereocenters. The van der Waals surface area contributed by atoms with Crippen molar-refractivity contribution in [1.29, 1.82) is 0 Å². The molecule has 0 spiro atoms. The molecule has 1 aromatic carbocycles. The molecule has 2 N–H and O–H groups in total. The maximum absolute atomic E-state index is 12.6. The standard InChI is InChI=1S/C27H42N2O4/c1-2-3-4-5-6-7-8-9-10-11-12-13-14-25(30)28-24-19-20-29(26(24)31)21-22-15-17-23(18-16-22)27(32)33/h15-18,24H,2-14,19-21H2,1H3,(H,28,30)(H,32,33). The van der Waals surface area contributed by atoms with Gasteiger partial charge in [-0.3, -0.25) is 9.59 Å². The third kappa shape index (κ3) is 10.4. The monoisotopic (exact) mass is 458 g/mol. The van der Waals surface area contributed by atoms with Gasteiger partial charge < -0.3 is 15.3 Å². The summed E-state index contributed by atoms with van der Waals surface area (Å²) in [6, 6.07) is 6.12. The van der Waals surface area contributed by atoms with Crippen molar-refractivity contribution in [2.75, 3.05) is 6.54 Å². The molecule has 1 aromatic rings. The van der Waals surface area contributed by atoms with Gasteiger partial charge in [-0.2, -0.15) is 0 Å². The van der Waals surface area contributed by atoms with Gasteiger partial charge in [-0.1, -0.05) is 89.7 Å². The number of hydrogen-bond acceptors (Lipinski definition) is 3. The number of aromatic carboxylic acids is 1. The molecule has 33 heavy (non-hydrogen) atoms. The van der Waals surface area contributed by atoms with E-state index in [1.807, 2.05) is 0 Å². The van der Waals surface area contributed by atoms with Crippen LogP contribution >= 0.6 is 0 Å². The fourth-order valence-electron chi connectivity index (χ4n) is 4.40. The maximum Gasteiger partial charge on any atom is 0.335 e. The molecular formula is C27H42N2O4. The highest BCUT2D eigenvalue weighted by Gasteiger charge is 2.32. The van der Waals surface area contributed by atoms with E-state index in [2.05, 4.69) is 12.2 Å². The number of benzene rings is 1. The van der Waals surface area contributed by atoms with Gasteiger partial charge in [0.05, 0.1) is 5.56 Å². The molecule has 2 rings (SSSR count).